The van der Waals surface area contributed by atoms with Crippen molar-refractivity contribution in [1.29, 1.82) is 0 Å². The van der Waals surface area contributed by atoms with Crippen molar-refractivity contribution < 1.29 is 53.6 Å². The van der Waals surface area contributed by atoms with Crippen LogP contribution in [0.15, 0.2) is 6.58 Å². The Morgan fingerprint density at radius 3 is 1.48 bits per heavy atom. The van der Waals surface area contributed by atoms with Crippen molar-refractivity contribution in [2.45, 2.75) is 44.5 Å². The topological polar surface area (TPSA) is 153 Å². The largest absolute Gasteiger partial charge is 0.376 e. The molecule has 174 valence electrons. The average Bonchev–Trinajstić information content (AvgIpc) is 2.70. The van der Waals surface area contributed by atoms with E-state index >= 15 is 0 Å². The van der Waals surface area contributed by atoms with E-state index in [0.717, 1.165) is 19.3 Å². The van der Waals surface area contributed by atoms with Crippen LogP contribution >= 0.6 is 0 Å². The summed E-state index contributed by atoms with van der Waals surface area (Å²) in [6.07, 6.45) is 1.52. The van der Waals surface area contributed by atoms with Gasteiger partial charge in [-0.05, 0) is 13.0 Å². The van der Waals surface area contributed by atoms with Gasteiger partial charge >= 0.3 is 0 Å². The van der Waals surface area contributed by atoms with E-state index in [-0.39, 0.29) is 39.3 Å². The highest BCUT2D eigenvalue weighted by atomic mass is 16.6. The lowest BCUT2D eigenvalue weighted by molar-refractivity contribution is -0.148. The van der Waals surface area contributed by atoms with Gasteiger partial charge in [-0.3, -0.25) is 0 Å². The van der Waals surface area contributed by atoms with E-state index in [9.17, 15) is 0 Å². The number of aliphatic hydroxyl groups is 4. The monoisotopic (exact) mass is 428 g/mol. The summed E-state index contributed by atoms with van der Waals surface area (Å²) in [5, 5.41) is 35.3. The van der Waals surface area contributed by atoms with E-state index in [4.69, 9.17) is 53.6 Å². The molecule has 0 rings (SSSR count). The molecule has 0 saturated carbocycles. The molecule has 0 aliphatic rings. The lowest BCUT2D eigenvalue weighted by Gasteiger charge is -2.21. The lowest BCUT2D eigenvalue weighted by Crippen LogP contribution is -2.32. The summed E-state index contributed by atoms with van der Waals surface area (Å²) in [6.45, 7) is 3.74. The lowest BCUT2D eigenvalue weighted by atomic mass is 10.2. The fraction of sp³-hybridized carbons (Fsp3) is 0.889. The second kappa shape index (κ2) is 25.1. The molecule has 0 bridgehead atoms. The Morgan fingerprint density at radius 1 is 0.724 bits per heavy atom. The second-order valence-corrected chi connectivity index (χ2v) is 5.61. The van der Waals surface area contributed by atoms with Crippen molar-refractivity contribution >= 4 is 5.94 Å². The van der Waals surface area contributed by atoms with Gasteiger partial charge in [0.2, 0.25) is 0 Å². The minimum absolute atomic E-state index is 0.0662. The predicted molar refractivity (Wildman–Crippen MR) is 101 cm³/mol. The second-order valence-electron chi connectivity index (χ2n) is 5.61. The minimum Gasteiger partial charge on any atom is -0.376 e. The van der Waals surface area contributed by atoms with Crippen LogP contribution in [0.2, 0.25) is 0 Å². The number of rotatable bonds is 20. The molecule has 4 N–H and O–H groups in total. The Bertz CT molecular complexity index is 327. The van der Waals surface area contributed by atoms with Gasteiger partial charge in [0.25, 0.3) is 0 Å². The molecule has 29 heavy (non-hydrogen) atoms. The Kier molecular flexibility index (Phi) is 26.2. The highest BCUT2D eigenvalue weighted by Gasteiger charge is 2.15. The molecule has 0 amide bonds. The van der Waals surface area contributed by atoms with Crippen LogP contribution in [0.4, 0.5) is 0 Å². The number of ether oxygens (including phenoxy) is 6. The maximum atomic E-state index is 8.96. The number of hydrogen-bond acceptors (Lipinski definition) is 11. The van der Waals surface area contributed by atoms with Gasteiger partial charge in [-0.25, -0.2) is 4.79 Å². The minimum atomic E-state index is -0.542. The first-order valence-corrected chi connectivity index (χ1v) is 9.28. The van der Waals surface area contributed by atoms with E-state index < -0.39 is 32.6 Å². The van der Waals surface area contributed by atoms with Crippen LogP contribution in [-0.4, -0.2) is 105 Å². The van der Waals surface area contributed by atoms with Gasteiger partial charge in [0.15, 0.2) is 0 Å². The fourth-order valence-electron chi connectivity index (χ4n) is 2.10. The van der Waals surface area contributed by atoms with Crippen molar-refractivity contribution in [3.63, 3.8) is 0 Å². The van der Waals surface area contributed by atoms with Crippen LogP contribution < -0.4 is 0 Å². The third-order valence-electron chi connectivity index (χ3n) is 3.42. The van der Waals surface area contributed by atoms with Crippen molar-refractivity contribution in [2.75, 3.05) is 60.2 Å². The first kappa shape index (κ1) is 30.2. The highest BCUT2D eigenvalue weighted by Crippen LogP contribution is 2.06. The Balaban J connectivity index is 0. The van der Waals surface area contributed by atoms with Gasteiger partial charge in [-0.1, -0.05) is 19.8 Å². The predicted octanol–water partition coefficient (Wildman–Crippen LogP) is -0.815. The number of aliphatic hydroxyl groups excluding tert-OH is 4. The summed E-state index contributed by atoms with van der Waals surface area (Å²) in [7, 11) is 0. The molecular formula is C18H36O11. The summed E-state index contributed by atoms with van der Waals surface area (Å²) in [5.74, 6) is 1.25. The Morgan fingerprint density at radius 2 is 1.10 bits per heavy atom. The quantitative estimate of drug-likeness (QED) is 0.142. The van der Waals surface area contributed by atoms with Crippen LogP contribution in [0.1, 0.15) is 26.2 Å². The molecule has 11 heteroatoms. The van der Waals surface area contributed by atoms with Gasteiger partial charge in [0.05, 0.1) is 39.1 Å². The zero-order chi connectivity index (χ0) is 22.2. The van der Waals surface area contributed by atoms with Crippen molar-refractivity contribution in [3.8, 4) is 0 Å². The van der Waals surface area contributed by atoms with Crippen molar-refractivity contribution in [1.82, 2.24) is 0 Å². The van der Waals surface area contributed by atoms with Gasteiger partial charge < -0.3 is 48.8 Å². The van der Waals surface area contributed by atoms with Gasteiger partial charge in [-0.2, -0.15) is 0 Å². The summed E-state index contributed by atoms with van der Waals surface area (Å²) in [5.41, 5.74) is 0. The fourth-order valence-corrected chi connectivity index (χ4v) is 2.10. The molecule has 0 spiro atoms. The zero-order valence-electron chi connectivity index (χ0n) is 17.1. The smallest absolute Gasteiger partial charge is 0.144 e. The third-order valence-corrected chi connectivity index (χ3v) is 3.42. The molecule has 0 fully saturated rings. The molecule has 0 aliphatic carbocycles. The number of hydrogen-bond donors (Lipinski definition) is 4. The average molecular weight is 428 g/mol. The first-order chi connectivity index (χ1) is 14.1. The molecule has 3 unspecified atom stereocenters. The van der Waals surface area contributed by atoms with Crippen LogP contribution in [0, 0.1) is 0 Å². The Hall–Kier alpha value is -0.950. The van der Waals surface area contributed by atoms with Crippen molar-refractivity contribution in [3.05, 3.63) is 6.58 Å². The molecular weight excluding hydrogens is 392 g/mol. The van der Waals surface area contributed by atoms with Crippen molar-refractivity contribution in [2.24, 2.45) is 0 Å². The highest BCUT2D eigenvalue weighted by molar-refractivity contribution is 5.38. The number of carbonyl (C=O) groups excluding carboxylic acids is 1. The molecule has 0 aromatic rings. The summed E-state index contributed by atoms with van der Waals surface area (Å²) in [6, 6.07) is 0. The summed E-state index contributed by atoms with van der Waals surface area (Å²) >= 11 is 0. The Labute approximate surface area is 171 Å². The maximum Gasteiger partial charge on any atom is 0.144 e. The molecule has 0 aromatic heterocycles. The van der Waals surface area contributed by atoms with Gasteiger partial charge in [0.1, 0.15) is 45.3 Å². The normalized spacial score (nSPS) is 13.8. The maximum absolute atomic E-state index is 8.96. The van der Waals surface area contributed by atoms with Gasteiger partial charge in [-0.15, -0.1) is 0 Å². The molecule has 0 saturated heterocycles. The molecule has 0 aromatic carbocycles. The molecule has 3 atom stereocenters. The summed E-state index contributed by atoms with van der Waals surface area (Å²) in [4.78, 5) is 8.57. The molecule has 0 heterocycles. The third kappa shape index (κ3) is 21.6. The molecule has 11 nitrogen and oxygen atoms in total. The van der Waals surface area contributed by atoms with Crippen LogP contribution in [0.3, 0.4) is 0 Å². The van der Waals surface area contributed by atoms with Crippen LogP contribution in [0.25, 0.3) is 0 Å². The SMILES string of the molecule is C=C=O.CCCCC(COCC(COCC(COCO)OCO)OCO)OCO. The van der Waals surface area contributed by atoms with E-state index in [0.29, 0.717) is 6.61 Å². The van der Waals surface area contributed by atoms with Crippen LogP contribution in [-0.2, 0) is 33.2 Å². The number of unbranched alkanes of at least 4 members (excludes halogenated alkanes) is 1. The van der Waals surface area contributed by atoms with E-state index in [1.165, 1.54) is 5.94 Å². The van der Waals surface area contributed by atoms with E-state index in [1.807, 2.05) is 0 Å². The first-order valence-electron chi connectivity index (χ1n) is 9.28. The zero-order valence-corrected chi connectivity index (χ0v) is 17.1. The van der Waals surface area contributed by atoms with Crippen LogP contribution in [0.5, 0.6) is 0 Å². The van der Waals surface area contributed by atoms with E-state index in [1.54, 1.807) is 0 Å². The summed E-state index contributed by atoms with van der Waals surface area (Å²) < 4.78 is 31.1. The molecule has 0 aliphatic heterocycles. The molecule has 0 radical (unpaired) electrons. The van der Waals surface area contributed by atoms with E-state index in [2.05, 4.69) is 13.5 Å². The standard InChI is InChI=1S/C16H34O10.C2H2O/c1-2-3-4-14(24-11-18)5-21-6-15(25-12-19)7-22-8-16(26-13-20)9-23-10-17;1-2-3/h14-20H,2-13H2,1H3;1H2. The van der Waals surface area contributed by atoms with Gasteiger partial charge in [0, 0.05) is 0 Å².